The summed E-state index contributed by atoms with van der Waals surface area (Å²) in [5.74, 6) is 1.29. The molecule has 1 aromatic rings. The molecule has 2 amide bonds. The number of carbonyl (C=O) groups excluding carboxylic acids is 2. The summed E-state index contributed by atoms with van der Waals surface area (Å²) in [5.41, 5.74) is 0.732. The number of hydrogen-bond acceptors (Lipinski definition) is 4. The Bertz CT molecular complexity index is 586. The fraction of sp³-hybridized carbons (Fsp3) is 0.556. The van der Waals surface area contributed by atoms with Crippen molar-refractivity contribution in [2.24, 2.45) is 5.92 Å². The van der Waals surface area contributed by atoms with Crippen molar-refractivity contribution in [3.05, 3.63) is 24.3 Å². The van der Waals surface area contributed by atoms with E-state index in [-0.39, 0.29) is 24.8 Å². The van der Waals surface area contributed by atoms with E-state index in [9.17, 15) is 9.59 Å². The van der Waals surface area contributed by atoms with Gasteiger partial charge in [-0.3, -0.25) is 9.59 Å². The van der Waals surface area contributed by atoms with Gasteiger partial charge in [-0.15, -0.1) is 0 Å². The summed E-state index contributed by atoms with van der Waals surface area (Å²) in [7, 11) is 0. The zero-order valence-corrected chi connectivity index (χ0v) is 13.8. The average molecular weight is 332 g/mol. The SMILES string of the molecule is O=C(CCN1C(=O)COc2ccccc21)NCCCOCC1CC1. The number of rotatable bonds is 9. The lowest BCUT2D eigenvalue weighted by molar-refractivity contribution is -0.122. The Kier molecular flexibility index (Phi) is 5.69. The summed E-state index contributed by atoms with van der Waals surface area (Å²) in [6.07, 6.45) is 3.68. The number of nitrogens with zero attached hydrogens (tertiary/aromatic N) is 1. The van der Waals surface area contributed by atoms with Crippen LogP contribution in [-0.4, -0.2) is 44.7 Å². The van der Waals surface area contributed by atoms with Gasteiger partial charge in [0.1, 0.15) is 5.75 Å². The molecule has 6 nitrogen and oxygen atoms in total. The van der Waals surface area contributed by atoms with Crippen molar-refractivity contribution in [2.75, 3.05) is 37.8 Å². The second-order valence-corrected chi connectivity index (χ2v) is 6.27. The number of para-hydroxylation sites is 2. The van der Waals surface area contributed by atoms with Crippen molar-refractivity contribution in [1.29, 1.82) is 0 Å². The van der Waals surface area contributed by atoms with Gasteiger partial charge in [0, 0.05) is 32.7 Å². The molecule has 3 rings (SSSR count). The minimum atomic E-state index is -0.116. The lowest BCUT2D eigenvalue weighted by Crippen LogP contribution is -2.41. The Balaban J connectivity index is 1.35. The van der Waals surface area contributed by atoms with Gasteiger partial charge >= 0.3 is 0 Å². The molecular weight excluding hydrogens is 308 g/mol. The molecule has 0 aromatic heterocycles. The number of ether oxygens (including phenoxy) is 2. The Morgan fingerprint density at radius 1 is 1.33 bits per heavy atom. The van der Waals surface area contributed by atoms with Gasteiger partial charge in [-0.2, -0.15) is 0 Å². The third-order valence-electron chi connectivity index (χ3n) is 4.21. The number of carbonyl (C=O) groups is 2. The minimum absolute atomic E-state index is 0.0248. The van der Waals surface area contributed by atoms with E-state index in [2.05, 4.69) is 5.32 Å². The molecule has 6 heteroatoms. The fourth-order valence-corrected chi connectivity index (χ4v) is 2.64. The van der Waals surface area contributed by atoms with Crippen molar-refractivity contribution in [3.8, 4) is 5.75 Å². The lowest BCUT2D eigenvalue weighted by Gasteiger charge is -2.29. The summed E-state index contributed by atoms with van der Waals surface area (Å²) in [4.78, 5) is 25.6. The fourth-order valence-electron chi connectivity index (χ4n) is 2.64. The summed E-state index contributed by atoms with van der Waals surface area (Å²) in [5, 5.41) is 2.88. The van der Waals surface area contributed by atoms with E-state index in [1.54, 1.807) is 4.90 Å². The highest BCUT2D eigenvalue weighted by molar-refractivity contribution is 5.98. The number of fused-ring (bicyclic) bond motifs is 1. The van der Waals surface area contributed by atoms with E-state index < -0.39 is 0 Å². The van der Waals surface area contributed by atoms with Crippen LogP contribution in [0.5, 0.6) is 5.75 Å². The Morgan fingerprint density at radius 3 is 3.00 bits per heavy atom. The van der Waals surface area contributed by atoms with E-state index in [0.717, 1.165) is 24.6 Å². The third-order valence-corrected chi connectivity index (χ3v) is 4.21. The molecule has 24 heavy (non-hydrogen) atoms. The molecule has 0 spiro atoms. The number of benzene rings is 1. The molecule has 0 bridgehead atoms. The highest BCUT2D eigenvalue weighted by Crippen LogP contribution is 2.31. The van der Waals surface area contributed by atoms with Gasteiger partial charge in [0.05, 0.1) is 5.69 Å². The van der Waals surface area contributed by atoms with Crippen LogP contribution in [0.4, 0.5) is 5.69 Å². The molecule has 1 N–H and O–H groups in total. The molecule has 1 aliphatic heterocycles. The van der Waals surface area contributed by atoms with Crippen molar-refractivity contribution in [2.45, 2.75) is 25.7 Å². The highest BCUT2D eigenvalue weighted by Gasteiger charge is 2.25. The number of amides is 2. The van der Waals surface area contributed by atoms with Gasteiger partial charge in [0.25, 0.3) is 5.91 Å². The monoisotopic (exact) mass is 332 g/mol. The van der Waals surface area contributed by atoms with Crippen molar-refractivity contribution < 1.29 is 19.1 Å². The van der Waals surface area contributed by atoms with E-state index in [1.807, 2.05) is 24.3 Å². The zero-order chi connectivity index (χ0) is 16.8. The van der Waals surface area contributed by atoms with Crippen LogP contribution in [0.2, 0.25) is 0 Å². The first-order valence-corrected chi connectivity index (χ1v) is 8.60. The van der Waals surface area contributed by atoms with Crippen LogP contribution in [0.25, 0.3) is 0 Å². The molecule has 0 unspecified atom stereocenters. The summed E-state index contributed by atoms with van der Waals surface area (Å²) in [6.45, 7) is 2.54. The predicted molar refractivity (Wildman–Crippen MR) is 90.1 cm³/mol. The molecule has 0 saturated heterocycles. The maximum absolute atomic E-state index is 12.0. The van der Waals surface area contributed by atoms with E-state index in [1.165, 1.54) is 12.8 Å². The van der Waals surface area contributed by atoms with Crippen LogP contribution >= 0.6 is 0 Å². The quantitative estimate of drug-likeness (QED) is 0.700. The summed E-state index contributed by atoms with van der Waals surface area (Å²) >= 11 is 0. The standard InChI is InChI=1S/C18H24N2O4/c21-17(19-9-3-11-23-12-14-6-7-14)8-10-20-15-4-1-2-5-16(15)24-13-18(20)22/h1-2,4-5,14H,3,6-13H2,(H,19,21). The van der Waals surface area contributed by atoms with Crippen LogP contribution in [-0.2, 0) is 14.3 Å². The van der Waals surface area contributed by atoms with Gasteiger partial charge in [0.2, 0.25) is 5.91 Å². The normalized spacial score (nSPS) is 16.5. The topological polar surface area (TPSA) is 67.9 Å². The second kappa shape index (κ2) is 8.15. The van der Waals surface area contributed by atoms with Crippen molar-refractivity contribution >= 4 is 17.5 Å². The van der Waals surface area contributed by atoms with Crippen LogP contribution in [0.15, 0.2) is 24.3 Å². The number of anilines is 1. The molecule has 0 atom stereocenters. The number of nitrogens with one attached hydrogen (secondary N) is 1. The van der Waals surface area contributed by atoms with Crippen LogP contribution in [0.3, 0.4) is 0 Å². The lowest BCUT2D eigenvalue weighted by atomic mass is 10.2. The first-order chi connectivity index (χ1) is 11.7. The third kappa shape index (κ3) is 4.71. The van der Waals surface area contributed by atoms with Crippen LogP contribution in [0.1, 0.15) is 25.7 Å². The average Bonchev–Trinajstić information content (AvgIpc) is 3.41. The molecule has 130 valence electrons. The molecule has 1 saturated carbocycles. The smallest absolute Gasteiger partial charge is 0.265 e. The number of hydrogen-bond donors (Lipinski definition) is 1. The molecule has 2 aliphatic rings. The van der Waals surface area contributed by atoms with Gasteiger partial charge in [-0.05, 0) is 37.3 Å². The maximum Gasteiger partial charge on any atom is 0.265 e. The molecule has 1 heterocycles. The molecule has 1 aromatic carbocycles. The van der Waals surface area contributed by atoms with Gasteiger partial charge in [0.15, 0.2) is 6.61 Å². The van der Waals surface area contributed by atoms with E-state index in [0.29, 0.717) is 25.4 Å². The maximum atomic E-state index is 12.0. The molecule has 1 aliphatic carbocycles. The van der Waals surface area contributed by atoms with Gasteiger partial charge < -0.3 is 19.7 Å². The van der Waals surface area contributed by atoms with Crippen LogP contribution < -0.4 is 15.0 Å². The van der Waals surface area contributed by atoms with Gasteiger partial charge in [-0.1, -0.05) is 12.1 Å². The van der Waals surface area contributed by atoms with Crippen molar-refractivity contribution in [1.82, 2.24) is 5.32 Å². The van der Waals surface area contributed by atoms with Crippen molar-refractivity contribution in [3.63, 3.8) is 0 Å². The summed E-state index contributed by atoms with van der Waals surface area (Å²) in [6, 6.07) is 7.39. The van der Waals surface area contributed by atoms with Gasteiger partial charge in [-0.25, -0.2) is 0 Å². The van der Waals surface area contributed by atoms with E-state index >= 15 is 0 Å². The zero-order valence-electron chi connectivity index (χ0n) is 13.8. The first kappa shape index (κ1) is 16.8. The van der Waals surface area contributed by atoms with E-state index in [4.69, 9.17) is 9.47 Å². The van der Waals surface area contributed by atoms with Crippen LogP contribution in [0, 0.1) is 5.92 Å². The second-order valence-electron chi connectivity index (χ2n) is 6.27. The molecule has 0 radical (unpaired) electrons. The highest BCUT2D eigenvalue weighted by atomic mass is 16.5. The predicted octanol–water partition coefficient (Wildman–Crippen LogP) is 1.73. The molecule has 1 fully saturated rings. The summed E-state index contributed by atoms with van der Waals surface area (Å²) < 4.78 is 10.9. The molecular formula is C18H24N2O4. The first-order valence-electron chi connectivity index (χ1n) is 8.60. The largest absolute Gasteiger partial charge is 0.482 e. The Hall–Kier alpha value is -2.08. The minimum Gasteiger partial charge on any atom is -0.482 e. The Morgan fingerprint density at radius 2 is 2.17 bits per heavy atom. The Labute approximate surface area is 142 Å².